The van der Waals surface area contributed by atoms with Gasteiger partial charge in [-0.2, -0.15) is 8.42 Å². The molecule has 18 nitrogen and oxygen atoms in total. The molecule has 5 atom stereocenters. The number of rotatable bonds is 25. The SMILES string of the molecule is CCC(=O)C(CCSSC(C)(C)CCC(=O)N[C@@H](C)C(=O)C[C@H](C)C(=O)Nc1cc(COc2cc3c(cc2C)C(=O)N2c4ccccc4C[C@H]2CN3C)cc(COc2cc3c(cc2OC)C(=O)N2c4ccccc4C[C@H]2CN3C)c1)S(=O)(=O)OC. The van der Waals surface area contributed by atoms with Crippen LogP contribution in [0.3, 0.4) is 0 Å². The highest BCUT2D eigenvalue weighted by Gasteiger charge is 2.41. The third-order valence-corrected chi connectivity index (χ3v) is 21.4. The summed E-state index contributed by atoms with van der Waals surface area (Å²) in [4.78, 5) is 89.8. The van der Waals surface area contributed by atoms with Crippen LogP contribution in [0.25, 0.3) is 0 Å². The molecule has 2 N–H and O–H groups in total. The second-order valence-electron chi connectivity index (χ2n) is 23.1. The smallest absolute Gasteiger partial charge is 0.277 e. The number of aryl methyl sites for hydroxylation is 1. The first-order chi connectivity index (χ1) is 40.5. The Labute approximate surface area is 506 Å². The second kappa shape index (κ2) is 26.3. The maximum absolute atomic E-state index is 14.3. The van der Waals surface area contributed by atoms with Crippen LogP contribution in [0.4, 0.5) is 28.4 Å². The second-order valence-corrected chi connectivity index (χ2v) is 28.1. The molecule has 85 heavy (non-hydrogen) atoms. The molecule has 21 heteroatoms. The Morgan fingerprint density at radius 1 is 0.729 bits per heavy atom. The van der Waals surface area contributed by atoms with Gasteiger partial charge in [-0.15, -0.1) is 0 Å². The Morgan fingerprint density at radius 3 is 1.85 bits per heavy atom. The van der Waals surface area contributed by atoms with Crippen LogP contribution in [0.2, 0.25) is 0 Å². The zero-order chi connectivity index (χ0) is 61.1. The number of nitrogens with zero attached hydrogens (tertiary/aromatic N) is 4. The monoisotopic (exact) mass is 1220 g/mol. The number of carbonyl (C=O) groups is 6. The zero-order valence-electron chi connectivity index (χ0n) is 49.9. The molecule has 4 amide bonds. The van der Waals surface area contributed by atoms with Crippen LogP contribution in [0.15, 0.2) is 91.0 Å². The van der Waals surface area contributed by atoms with Gasteiger partial charge in [-0.25, -0.2) is 0 Å². The lowest BCUT2D eigenvalue weighted by atomic mass is 9.99. The van der Waals surface area contributed by atoms with E-state index < -0.39 is 43.8 Å². The van der Waals surface area contributed by atoms with Gasteiger partial charge in [0.05, 0.1) is 54.8 Å². The first-order valence-corrected chi connectivity index (χ1v) is 32.5. The van der Waals surface area contributed by atoms with Crippen molar-refractivity contribution in [1.29, 1.82) is 0 Å². The highest BCUT2D eigenvalue weighted by atomic mass is 33.1. The highest BCUT2D eigenvalue weighted by molar-refractivity contribution is 8.77. The summed E-state index contributed by atoms with van der Waals surface area (Å²) in [7, 11) is 5.44. The Balaban J connectivity index is 0.878. The molecule has 0 bridgehead atoms. The van der Waals surface area contributed by atoms with Crippen LogP contribution in [0, 0.1) is 12.8 Å². The minimum absolute atomic E-state index is 0.0170. The van der Waals surface area contributed by atoms with E-state index in [9.17, 15) is 37.2 Å². The van der Waals surface area contributed by atoms with Crippen LogP contribution >= 0.6 is 21.6 Å². The molecule has 4 heterocycles. The van der Waals surface area contributed by atoms with E-state index in [4.69, 9.17) is 14.2 Å². The minimum atomic E-state index is -4.01. The molecular formula is C64H76N6O12S3. The molecule has 4 aliphatic rings. The number of methoxy groups -OCH3 is 1. The Hall–Kier alpha value is -7.07. The van der Waals surface area contributed by atoms with E-state index in [2.05, 4.69) is 36.7 Å². The minimum Gasteiger partial charge on any atom is -0.493 e. The predicted octanol–water partition coefficient (Wildman–Crippen LogP) is 9.90. The van der Waals surface area contributed by atoms with E-state index >= 15 is 0 Å². The van der Waals surface area contributed by atoms with Crippen molar-refractivity contribution in [2.24, 2.45) is 5.92 Å². The lowest BCUT2D eigenvalue weighted by Crippen LogP contribution is -2.41. The molecule has 4 aliphatic heterocycles. The Kier molecular flexibility index (Phi) is 19.3. The molecular weight excluding hydrogens is 1140 g/mol. The molecule has 1 unspecified atom stereocenters. The fraction of sp³-hybridized carbons (Fsp3) is 0.438. The first-order valence-electron chi connectivity index (χ1n) is 28.8. The van der Waals surface area contributed by atoms with Crippen LogP contribution in [0.1, 0.15) is 115 Å². The van der Waals surface area contributed by atoms with Crippen LogP contribution in [0.5, 0.6) is 17.2 Å². The maximum Gasteiger partial charge on any atom is 0.277 e. The lowest BCUT2D eigenvalue weighted by Gasteiger charge is -2.25. The molecule has 0 spiro atoms. The number of likely N-dealkylation sites (N-methyl/N-ethyl adjacent to an activating group) is 2. The quantitative estimate of drug-likeness (QED) is 0.0316. The Bertz CT molecular complexity index is 3520. The van der Waals surface area contributed by atoms with Gasteiger partial charge in [0.1, 0.15) is 24.2 Å². The van der Waals surface area contributed by atoms with Crippen molar-refractivity contribution in [2.45, 2.75) is 128 Å². The van der Waals surface area contributed by atoms with Gasteiger partial charge in [0, 0.05) is 92.1 Å². The average Bonchev–Trinajstić information content (AvgIpc) is 3.69. The largest absolute Gasteiger partial charge is 0.493 e. The zero-order valence-corrected chi connectivity index (χ0v) is 52.4. The highest BCUT2D eigenvalue weighted by Crippen LogP contribution is 2.44. The van der Waals surface area contributed by atoms with Gasteiger partial charge in [0.2, 0.25) is 11.8 Å². The van der Waals surface area contributed by atoms with Crippen molar-refractivity contribution < 1.29 is 55.6 Å². The number of fused-ring (bicyclic) bond motifs is 8. The van der Waals surface area contributed by atoms with Crippen molar-refractivity contribution >= 4 is 95.3 Å². The number of hydrogen-bond donors (Lipinski definition) is 2. The number of benzene rings is 5. The molecule has 0 aliphatic carbocycles. The van der Waals surface area contributed by atoms with Gasteiger partial charge in [-0.1, -0.05) is 71.8 Å². The number of hydrogen-bond acceptors (Lipinski definition) is 16. The average molecular weight is 1220 g/mol. The summed E-state index contributed by atoms with van der Waals surface area (Å²) in [5.41, 5.74) is 9.28. The normalized spacial score (nSPS) is 17.2. The summed E-state index contributed by atoms with van der Waals surface area (Å²) < 4.78 is 47.9. The predicted molar refractivity (Wildman–Crippen MR) is 335 cm³/mol. The molecule has 5 aromatic carbocycles. The van der Waals surface area contributed by atoms with Crippen molar-refractivity contribution in [3.05, 3.63) is 130 Å². The van der Waals surface area contributed by atoms with Gasteiger partial charge in [0.15, 0.2) is 23.1 Å². The third-order valence-electron chi connectivity index (χ3n) is 16.3. The van der Waals surface area contributed by atoms with E-state index in [0.29, 0.717) is 76.1 Å². The standard InChI is InChI=1S/C64H76N6O12S3/c1-11-54(71)59(85(77,78)80-10)21-23-83-84-64(5,6)22-20-60(73)65-40(4)55(72)25-39(3)61(74)66-45-27-41(36-81-56-32-52-48(24-38(56)2)62(75)69-46(34-67(52)7)29-43-16-12-14-18-50(43)69)26-42(28-45)37-82-58-33-53-49(31-57(58)79-9)63(76)70-47(35-68(53)8)30-44-17-13-15-19-51(44)70/h12-19,24,26-28,31-33,39-40,46-47,59H,11,20-23,25,29-30,34-37H2,1-10H3,(H,65,73)(H,66,74)/t39-,40-,46-,47-,59?/m0/s1. The number of anilines is 5. The fourth-order valence-corrected chi connectivity index (χ4v) is 15.6. The lowest BCUT2D eigenvalue weighted by molar-refractivity contribution is -0.129. The number of amides is 4. The molecule has 0 radical (unpaired) electrons. The fourth-order valence-electron chi connectivity index (χ4n) is 11.7. The number of ether oxygens (including phenoxy) is 3. The summed E-state index contributed by atoms with van der Waals surface area (Å²) >= 11 is 0. The number of ketones is 2. The topological polar surface area (TPSA) is 210 Å². The summed E-state index contributed by atoms with van der Waals surface area (Å²) in [6.45, 7) is 12.1. The molecule has 0 saturated heterocycles. The molecule has 9 rings (SSSR count). The van der Waals surface area contributed by atoms with Gasteiger partial charge >= 0.3 is 0 Å². The number of Topliss-reactive ketones (excluding diaryl/α,β-unsaturated/α-hetero) is 2. The van der Waals surface area contributed by atoms with E-state index in [1.54, 1.807) is 39.0 Å². The molecule has 0 aromatic heterocycles. The van der Waals surface area contributed by atoms with Crippen LogP contribution in [-0.4, -0.2) is 119 Å². The molecule has 0 saturated carbocycles. The van der Waals surface area contributed by atoms with Crippen molar-refractivity contribution in [3.63, 3.8) is 0 Å². The number of para-hydroxylation sites is 2. The summed E-state index contributed by atoms with van der Waals surface area (Å²) in [5.74, 6) is -0.661. The van der Waals surface area contributed by atoms with E-state index in [1.807, 2.05) is 105 Å². The van der Waals surface area contributed by atoms with Crippen LogP contribution in [-0.2, 0) is 59.5 Å². The summed E-state index contributed by atoms with van der Waals surface area (Å²) in [6, 6.07) is 28.0. The van der Waals surface area contributed by atoms with Gasteiger partial charge in [-0.05, 0) is 124 Å². The van der Waals surface area contributed by atoms with Crippen molar-refractivity contribution in [1.82, 2.24) is 5.32 Å². The van der Waals surface area contributed by atoms with E-state index in [0.717, 1.165) is 53.7 Å². The Morgan fingerprint density at radius 2 is 1.28 bits per heavy atom. The summed E-state index contributed by atoms with van der Waals surface area (Å²) in [6.07, 6.45) is 2.12. The maximum atomic E-state index is 14.3. The number of carbonyl (C=O) groups excluding carboxylic acids is 6. The van der Waals surface area contributed by atoms with E-state index in [1.165, 1.54) is 28.7 Å². The van der Waals surface area contributed by atoms with Gasteiger partial charge < -0.3 is 44.4 Å². The van der Waals surface area contributed by atoms with Crippen LogP contribution < -0.4 is 44.4 Å². The third kappa shape index (κ3) is 14.0. The van der Waals surface area contributed by atoms with Gasteiger partial charge in [-0.3, -0.25) is 33.0 Å². The summed E-state index contributed by atoms with van der Waals surface area (Å²) in [5, 5.41) is 4.58. The molecule has 5 aromatic rings. The van der Waals surface area contributed by atoms with Crippen molar-refractivity contribution in [3.8, 4) is 17.2 Å². The number of nitrogens with one attached hydrogen (secondary N) is 2. The molecule has 452 valence electrons. The van der Waals surface area contributed by atoms with Crippen molar-refractivity contribution in [2.75, 3.05) is 72.1 Å². The molecule has 0 fully saturated rings. The van der Waals surface area contributed by atoms with Gasteiger partial charge in [0.25, 0.3) is 21.9 Å². The first kappa shape index (κ1) is 62.5. The van der Waals surface area contributed by atoms with E-state index in [-0.39, 0.29) is 74.5 Å².